The van der Waals surface area contributed by atoms with Gasteiger partial charge in [-0.2, -0.15) is 17.0 Å². The van der Waals surface area contributed by atoms with E-state index in [1.54, 1.807) is 6.07 Å². The number of thioether (sulfide) groups is 1. The Morgan fingerprint density at radius 1 is 1.17 bits per heavy atom. The molecule has 0 amide bonds. The van der Waals surface area contributed by atoms with Gasteiger partial charge < -0.3 is 4.74 Å². The van der Waals surface area contributed by atoms with Gasteiger partial charge >= 0.3 is 0 Å². The third-order valence-corrected chi connectivity index (χ3v) is 3.75. The van der Waals surface area contributed by atoms with Crippen molar-refractivity contribution in [2.24, 2.45) is 0 Å². The summed E-state index contributed by atoms with van der Waals surface area (Å²) >= 11 is 1.99. The molecule has 0 unspecified atom stereocenters. The molecule has 0 atom stereocenters. The lowest BCUT2D eigenvalue weighted by molar-refractivity contribution is 0.318. The van der Waals surface area contributed by atoms with E-state index in [0.29, 0.717) is 17.9 Å². The molecule has 1 aromatic rings. The summed E-state index contributed by atoms with van der Waals surface area (Å²) in [4.78, 5) is 0. The summed E-state index contributed by atoms with van der Waals surface area (Å²) < 4.78 is 5.62. The largest absolute Gasteiger partial charge is 0.492 e. The average molecular weight is 263 g/mol. The molecule has 0 N–H and O–H groups in total. The second kappa shape index (κ2) is 9.85. The van der Waals surface area contributed by atoms with Gasteiger partial charge in [-0.15, -0.1) is 0 Å². The third kappa shape index (κ3) is 5.97. The van der Waals surface area contributed by atoms with Crippen LogP contribution in [-0.2, 0) is 0 Å². The highest BCUT2D eigenvalue weighted by atomic mass is 32.2. The fourth-order valence-electron chi connectivity index (χ4n) is 1.58. The molecule has 0 radical (unpaired) electrons. The van der Waals surface area contributed by atoms with Crippen molar-refractivity contribution in [3.8, 4) is 11.8 Å². The van der Waals surface area contributed by atoms with Gasteiger partial charge in [0.05, 0.1) is 12.2 Å². The van der Waals surface area contributed by atoms with E-state index in [-0.39, 0.29) is 0 Å². The van der Waals surface area contributed by atoms with E-state index in [1.165, 1.54) is 25.0 Å². The van der Waals surface area contributed by atoms with Gasteiger partial charge in [0.15, 0.2) is 0 Å². The Labute approximate surface area is 114 Å². The first-order chi connectivity index (χ1) is 8.88. The van der Waals surface area contributed by atoms with Crippen molar-refractivity contribution >= 4 is 11.8 Å². The maximum Gasteiger partial charge on any atom is 0.137 e. The first kappa shape index (κ1) is 14.9. The quantitative estimate of drug-likeness (QED) is 0.624. The molecule has 0 aliphatic heterocycles. The van der Waals surface area contributed by atoms with Gasteiger partial charge in [0.25, 0.3) is 0 Å². The van der Waals surface area contributed by atoms with Crippen LogP contribution in [0.2, 0.25) is 0 Å². The van der Waals surface area contributed by atoms with E-state index in [2.05, 4.69) is 13.0 Å². The molecule has 1 aromatic carbocycles. The molecule has 98 valence electrons. The first-order valence-corrected chi connectivity index (χ1v) is 7.73. The number of ether oxygens (including phenoxy) is 1. The van der Waals surface area contributed by atoms with Crippen LogP contribution in [0, 0.1) is 11.3 Å². The summed E-state index contributed by atoms with van der Waals surface area (Å²) in [5, 5.41) is 8.91. The number of nitrogens with zero attached hydrogens (tertiary/aromatic N) is 1. The van der Waals surface area contributed by atoms with E-state index < -0.39 is 0 Å². The fraction of sp³-hybridized carbons (Fsp3) is 0.533. The lowest BCUT2D eigenvalue weighted by Gasteiger charge is -2.07. The van der Waals surface area contributed by atoms with Crippen molar-refractivity contribution in [1.82, 2.24) is 0 Å². The monoisotopic (exact) mass is 263 g/mol. The predicted octanol–water partition coefficient (Wildman–Crippen LogP) is 4.25. The highest BCUT2D eigenvalue weighted by molar-refractivity contribution is 7.99. The van der Waals surface area contributed by atoms with Gasteiger partial charge in [-0.25, -0.2) is 0 Å². The maximum atomic E-state index is 8.91. The normalized spacial score (nSPS) is 10.0. The van der Waals surface area contributed by atoms with Crippen molar-refractivity contribution in [1.29, 1.82) is 5.26 Å². The molecular weight excluding hydrogens is 242 g/mol. The highest BCUT2D eigenvalue weighted by Gasteiger charge is 2.00. The number of nitriles is 1. The van der Waals surface area contributed by atoms with E-state index >= 15 is 0 Å². The maximum absolute atomic E-state index is 8.91. The average Bonchev–Trinajstić information content (AvgIpc) is 2.42. The molecule has 0 heterocycles. The second-order valence-electron chi connectivity index (χ2n) is 4.13. The molecule has 0 aliphatic rings. The molecule has 0 aliphatic carbocycles. The second-order valence-corrected chi connectivity index (χ2v) is 5.35. The summed E-state index contributed by atoms with van der Waals surface area (Å²) in [7, 11) is 0. The number of unbranched alkanes of at least 4 members (excludes halogenated alkanes) is 2. The predicted molar refractivity (Wildman–Crippen MR) is 78.1 cm³/mol. The molecular formula is C15H21NOS. The van der Waals surface area contributed by atoms with E-state index in [1.807, 2.05) is 30.0 Å². The van der Waals surface area contributed by atoms with Gasteiger partial charge in [-0.1, -0.05) is 31.9 Å². The molecule has 0 saturated heterocycles. The number of hydrogen-bond acceptors (Lipinski definition) is 3. The van der Waals surface area contributed by atoms with Crippen LogP contribution < -0.4 is 4.74 Å². The van der Waals surface area contributed by atoms with Crippen molar-refractivity contribution in [3.63, 3.8) is 0 Å². The van der Waals surface area contributed by atoms with Crippen LogP contribution in [0.5, 0.6) is 5.75 Å². The molecule has 3 heteroatoms. The molecule has 0 aromatic heterocycles. The Morgan fingerprint density at radius 2 is 1.94 bits per heavy atom. The van der Waals surface area contributed by atoms with Crippen LogP contribution >= 0.6 is 11.8 Å². The van der Waals surface area contributed by atoms with Crippen molar-refractivity contribution in [2.75, 3.05) is 18.1 Å². The Kier molecular flexibility index (Phi) is 8.16. The summed E-state index contributed by atoms with van der Waals surface area (Å²) in [6.45, 7) is 2.92. The summed E-state index contributed by atoms with van der Waals surface area (Å²) in [5.41, 5.74) is 0.619. The van der Waals surface area contributed by atoms with Crippen LogP contribution in [0.15, 0.2) is 24.3 Å². The van der Waals surface area contributed by atoms with Gasteiger partial charge in [0.2, 0.25) is 0 Å². The van der Waals surface area contributed by atoms with Crippen LogP contribution in [-0.4, -0.2) is 18.1 Å². The number of hydrogen-bond donors (Lipinski definition) is 0. The minimum Gasteiger partial charge on any atom is -0.492 e. The minimum absolute atomic E-state index is 0.619. The zero-order valence-electron chi connectivity index (χ0n) is 11.0. The van der Waals surface area contributed by atoms with Crippen molar-refractivity contribution < 1.29 is 4.74 Å². The summed E-state index contributed by atoms with van der Waals surface area (Å²) in [5.74, 6) is 3.09. The molecule has 1 rings (SSSR count). The van der Waals surface area contributed by atoms with Gasteiger partial charge in [0, 0.05) is 0 Å². The smallest absolute Gasteiger partial charge is 0.137 e. The minimum atomic E-state index is 0.619. The summed E-state index contributed by atoms with van der Waals surface area (Å²) in [6, 6.07) is 9.54. The zero-order chi connectivity index (χ0) is 13.1. The zero-order valence-corrected chi connectivity index (χ0v) is 11.8. The third-order valence-electron chi connectivity index (χ3n) is 2.59. The number of rotatable bonds is 9. The molecule has 0 fully saturated rings. The van der Waals surface area contributed by atoms with E-state index in [0.717, 1.165) is 12.2 Å². The van der Waals surface area contributed by atoms with Crippen LogP contribution in [0.4, 0.5) is 0 Å². The van der Waals surface area contributed by atoms with Crippen LogP contribution in [0.25, 0.3) is 0 Å². The molecule has 0 bridgehead atoms. The van der Waals surface area contributed by atoms with Crippen LogP contribution in [0.3, 0.4) is 0 Å². The molecule has 0 spiro atoms. The Morgan fingerprint density at radius 3 is 2.72 bits per heavy atom. The Balaban J connectivity index is 2.09. The van der Waals surface area contributed by atoms with Crippen molar-refractivity contribution in [3.05, 3.63) is 29.8 Å². The fourth-order valence-corrected chi connectivity index (χ4v) is 2.52. The Bertz CT molecular complexity index is 373. The molecule has 2 nitrogen and oxygen atoms in total. The molecule has 18 heavy (non-hydrogen) atoms. The van der Waals surface area contributed by atoms with Gasteiger partial charge in [-0.05, 0) is 36.5 Å². The van der Waals surface area contributed by atoms with Gasteiger partial charge in [-0.3, -0.25) is 0 Å². The lowest BCUT2D eigenvalue weighted by atomic mass is 10.2. The van der Waals surface area contributed by atoms with Crippen LogP contribution in [0.1, 0.15) is 38.2 Å². The standard InChI is InChI=1S/C15H21NOS/c1-2-3-6-11-18-12-7-10-17-15-9-5-4-8-14(15)13-16/h4-5,8-9H,2-3,6-7,10-12H2,1H3. The SMILES string of the molecule is CCCCCSCCCOc1ccccc1C#N. The van der Waals surface area contributed by atoms with E-state index in [9.17, 15) is 0 Å². The topological polar surface area (TPSA) is 33.0 Å². The number of benzene rings is 1. The van der Waals surface area contributed by atoms with Crippen molar-refractivity contribution in [2.45, 2.75) is 32.6 Å². The molecule has 0 saturated carbocycles. The van der Waals surface area contributed by atoms with E-state index in [4.69, 9.17) is 10.00 Å². The van der Waals surface area contributed by atoms with Gasteiger partial charge in [0.1, 0.15) is 11.8 Å². The number of para-hydroxylation sites is 1. The lowest BCUT2D eigenvalue weighted by Crippen LogP contribution is -2.00. The highest BCUT2D eigenvalue weighted by Crippen LogP contribution is 2.17. The summed E-state index contributed by atoms with van der Waals surface area (Å²) in [6.07, 6.45) is 4.98. The first-order valence-electron chi connectivity index (χ1n) is 6.58. The Hall–Kier alpha value is -1.14.